The highest BCUT2D eigenvalue weighted by atomic mass is 16.5. The van der Waals surface area contributed by atoms with Gasteiger partial charge in [0.15, 0.2) is 5.82 Å². The third kappa shape index (κ3) is 3.79. The van der Waals surface area contributed by atoms with Crippen LogP contribution in [0.15, 0.2) is 4.52 Å². The van der Waals surface area contributed by atoms with Gasteiger partial charge in [-0.25, -0.2) is 0 Å². The van der Waals surface area contributed by atoms with Crippen LogP contribution in [0.4, 0.5) is 0 Å². The second-order valence-electron chi connectivity index (χ2n) is 6.03. The minimum atomic E-state index is 0.254. The van der Waals surface area contributed by atoms with Gasteiger partial charge in [0.2, 0.25) is 5.89 Å². The third-order valence-electron chi connectivity index (χ3n) is 4.39. The summed E-state index contributed by atoms with van der Waals surface area (Å²) < 4.78 is 11.1. The molecular formula is C15H25N3O2. The first-order chi connectivity index (χ1) is 9.92. The second-order valence-corrected chi connectivity index (χ2v) is 6.03. The Morgan fingerprint density at radius 2 is 2.00 bits per heavy atom. The molecule has 20 heavy (non-hydrogen) atoms. The van der Waals surface area contributed by atoms with Gasteiger partial charge in [-0.3, -0.25) is 0 Å². The second kappa shape index (κ2) is 7.18. The fraction of sp³-hybridized carbons (Fsp3) is 0.867. The summed E-state index contributed by atoms with van der Waals surface area (Å²) in [6.45, 7) is 2.65. The Kier molecular flexibility index (Phi) is 5.03. The number of nitrogens with zero attached hydrogens (tertiary/aromatic N) is 2. The highest BCUT2D eigenvalue weighted by molar-refractivity contribution is 4.94. The molecule has 5 heteroatoms. The van der Waals surface area contributed by atoms with Crippen LogP contribution in [0.5, 0.6) is 0 Å². The van der Waals surface area contributed by atoms with Crippen LogP contribution >= 0.6 is 0 Å². The van der Waals surface area contributed by atoms with Crippen LogP contribution in [-0.2, 0) is 11.2 Å². The summed E-state index contributed by atoms with van der Waals surface area (Å²) in [7, 11) is 0. The maximum Gasteiger partial charge on any atom is 0.243 e. The monoisotopic (exact) mass is 279 g/mol. The van der Waals surface area contributed by atoms with Crippen LogP contribution in [0, 0.1) is 5.92 Å². The van der Waals surface area contributed by atoms with Crippen molar-refractivity contribution in [3.05, 3.63) is 11.7 Å². The van der Waals surface area contributed by atoms with Crippen LogP contribution in [0.3, 0.4) is 0 Å². The molecule has 5 nitrogen and oxygen atoms in total. The van der Waals surface area contributed by atoms with E-state index in [0.29, 0.717) is 6.61 Å². The molecule has 0 spiro atoms. The molecule has 0 bridgehead atoms. The smallest absolute Gasteiger partial charge is 0.243 e. The molecule has 1 saturated heterocycles. The molecule has 3 rings (SSSR count). The molecule has 112 valence electrons. The van der Waals surface area contributed by atoms with Crippen molar-refractivity contribution in [1.29, 1.82) is 0 Å². The van der Waals surface area contributed by atoms with Gasteiger partial charge in [0.05, 0.1) is 12.6 Å². The Hall–Kier alpha value is -0.940. The van der Waals surface area contributed by atoms with Gasteiger partial charge in [0.25, 0.3) is 0 Å². The minimum Gasteiger partial charge on any atom is -0.381 e. The Balaban J connectivity index is 1.38. The molecular weight excluding hydrogens is 254 g/mol. The Morgan fingerprint density at radius 3 is 2.80 bits per heavy atom. The minimum absolute atomic E-state index is 0.254. The largest absolute Gasteiger partial charge is 0.381 e. The number of nitrogens with one attached hydrogen (secondary N) is 1. The Bertz CT molecular complexity index is 396. The summed E-state index contributed by atoms with van der Waals surface area (Å²) in [5.41, 5.74) is 0. The summed E-state index contributed by atoms with van der Waals surface area (Å²) in [5.74, 6) is 2.30. The summed E-state index contributed by atoms with van der Waals surface area (Å²) in [6.07, 6.45) is 9.74. The summed E-state index contributed by atoms with van der Waals surface area (Å²) >= 11 is 0. The lowest BCUT2D eigenvalue weighted by Gasteiger charge is -2.19. The van der Waals surface area contributed by atoms with Crippen molar-refractivity contribution in [3.8, 4) is 0 Å². The van der Waals surface area contributed by atoms with Gasteiger partial charge < -0.3 is 14.6 Å². The van der Waals surface area contributed by atoms with Crippen molar-refractivity contribution < 1.29 is 9.26 Å². The maximum atomic E-state index is 5.74. The fourth-order valence-electron chi connectivity index (χ4n) is 3.16. The molecule has 1 aliphatic carbocycles. The van der Waals surface area contributed by atoms with E-state index in [1.165, 1.54) is 38.5 Å². The van der Waals surface area contributed by atoms with E-state index in [4.69, 9.17) is 9.26 Å². The predicted molar refractivity (Wildman–Crippen MR) is 75.4 cm³/mol. The van der Waals surface area contributed by atoms with Crippen LogP contribution in [0.1, 0.15) is 62.7 Å². The molecule has 1 aliphatic heterocycles. The average molecular weight is 279 g/mol. The molecule has 0 radical (unpaired) electrons. The quantitative estimate of drug-likeness (QED) is 0.811. The van der Waals surface area contributed by atoms with Crippen LogP contribution < -0.4 is 5.32 Å². The van der Waals surface area contributed by atoms with Crippen molar-refractivity contribution in [1.82, 2.24) is 15.5 Å². The first-order valence-corrected chi connectivity index (χ1v) is 8.05. The fourth-order valence-corrected chi connectivity index (χ4v) is 3.16. The van der Waals surface area contributed by atoms with E-state index in [1.54, 1.807) is 0 Å². The molecule has 1 N–H and O–H groups in total. The van der Waals surface area contributed by atoms with Crippen LogP contribution in [-0.4, -0.2) is 29.9 Å². The summed E-state index contributed by atoms with van der Waals surface area (Å²) in [4.78, 5) is 4.48. The molecule has 1 aromatic heterocycles. The predicted octanol–water partition coefficient (Wildman–Crippen LogP) is 2.63. The van der Waals surface area contributed by atoms with Crippen molar-refractivity contribution in [3.63, 3.8) is 0 Å². The van der Waals surface area contributed by atoms with Gasteiger partial charge in [-0.15, -0.1) is 0 Å². The lowest BCUT2D eigenvalue weighted by atomic mass is 10.1. The summed E-state index contributed by atoms with van der Waals surface area (Å²) in [5, 5.41) is 7.48. The van der Waals surface area contributed by atoms with Gasteiger partial charge in [0.1, 0.15) is 0 Å². The topological polar surface area (TPSA) is 60.2 Å². The molecule has 2 fully saturated rings. The molecule has 0 unspecified atom stereocenters. The van der Waals surface area contributed by atoms with E-state index in [2.05, 4.69) is 15.5 Å². The molecule has 1 aromatic rings. The zero-order valence-corrected chi connectivity index (χ0v) is 12.1. The molecule has 0 amide bonds. The molecule has 1 atom stereocenters. The van der Waals surface area contributed by atoms with Crippen molar-refractivity contribution in [2.24, 2.45) is 5.92 Å². The van der Waals surface area contributed by atoms with E-state index >= 15 is 0 Å². The van der Waals surface area contributed by atoms with Gasteiger partial charge in [0, 0.05) is 13.0 Å². The SMILES string of the molecule is C1CC[C@H](c2nc(CCOCC3CCCC3)no2)NC1. The number of hydrogen-bond acceptors (Lipinski definition) is 5. The molecule has 2 heterocycles. The van der Waals surface area contributed by atoms with Crippen LogP contribution in [0.2, 0.25) is 0 Å². The lowest BCUT2D eigenvalue weighted by molar-refractivity contribution is 0.102. The normalized spacial score (nSPS) is 24.3. The van der Waals surface area contributed by atoms with E-state index < -0.39 is 0 Å². The van der Waals surface area contributed by atoms with Crippen molar-refractivity contribution in [2.45, 2.75) is 57.4 Å². The third-order valence-corrected chi connectivity index (χ3v) is 4.39. The van der Waals surface area contributed by atoms with Gasteiger partial charge in [-0.1, -0.05) is 24.4 Å². The number of hydrogen-bond donors (Lipinski definition) is 1. The van der Waals surface area contributed by atoms with Crippen molar-refractivity contribution >= 4 is 0 Å². The zero-order chi connectivity index (χ0) is 13.6. The number of rotatable bonds is 6. The zero-order valence-electron chi connectivity index (χ0n) is 12.1. The van der Waals surface area contributed by atoms with E-state index in [1.807, 2.05) is 0 Å². The maximum absolute atomic E-state index is 5.74. The van der Waals surface area contributed by atoms with E-state index in [-0.39, 0.29) is 6.04 Å². The Morgan fingerprint density at radius 1 is 1.15 bits per heavy atom. The van der Waals surface area contributed by atoms with Gasteiger partial charge >= 0.3 is 0 Å². The molecule has 2 aliphatic rings. The van der Waals surface area contributed by atoms with E-state index in [0.717, 1.165) is 43.6 Å². The van der Waals surface area contributed by atoms with Gasteiger partial charge in [-0.2, -0.15) is 4.98 Å². The van der Waals surface area contributed by atoms with Gasteiger partial charge in [-0.05, 0) is 38.1 Å². The van der Waals surface area contributed by atoms with Crippen LogP contribution in [0.25, 0.3) is 0 Å². The molecule has 0 aromatic carbocycles. The van der Waals surface area contributed by atoms with Crippen molar-refractivity contribution in [2.75, 3.05) is 19.8 Å². The summed E-state index contributed by atoms with van der Waals surface area (Å²) in [6, 6.07) is 0.254. The highest BCUT2D eigenvalue weighted by Crippen LogP contribution is 2.24. The lowest BCUT2D eigenvalue weighted by Crippen LogP contribution is -2.27. The number of piperidine rings is 1. The van der Waals surface area contributed by atoms with E-state index in [9.17, 15) is 0 Å². The standard InChI is InChI=1S/C15H25N3O2/c1-2-6-12(5-1)11-19-10-8-14-17-15(20-18-14)13-7-3-4-9-16-13/h12-13,16H,1-11H2/t13-/m1/s1. The average Bonchev–Trinajstić information content (AvgIpc) is 3.16. The first-order valence-electron chi connectivity index (χ1n) is 8.05. The number of aromatic nitrogens is 2. The highest BCUT2D eigenvalue weighted by Gasteiger charge is 2.21. The number of ether oxygens (including phenoxy) is 1. The Labute approximate surface area is 120 Å². The molecule has 1 saturated carbocycles. The first kappa shape index (κ1) is 14.0.